The molecule has 0 bridgehead atoms. The molecule has 0 radical (unpaired) electrons. The van der Waals surface area contributed by atoms with Crippen molar-refractivity contribution in [2.75, 3.05) is 45.7 Å². The number of aryl methyl sites for hydroxylation is 1. The Kier molecular flexibility index (Phi) is 8.40. The summed E-state index contributed by atoms with van der Waals surface area (Å²) in [6.45, 7) is 7.67. The Balaban J connectivity index is 1.89. The number of rotatable bonds is 8. The Labute approximate surface area is 187 Å². The molecule has 0 spiro atoms. The van der Waals surface area contributed by atoms with Crippen molar-refractivity contribution >= 4 is 27.9 Å². The quantitative estimate of drug-likeness (QED) is 0.440. The van der Waals surface area contributed by atoms with Gasteiger partial charge < -0.3 is 20.3 Å². The van der Waals surface area contributed by atoms with Crippen LogP contribution in [-0.2, 0) is 11.2 Å². The summed E-state index contributed by atoms with van der Waals surface area (Å²) in [5.41, 5.74) is 3.16. The highest BCUT2D eigenvalue weighted by Gasteiger charge is 2.27. The minimum absolute atomic E-state index is 0.0288. The van der Waals surface area contributed by atoms with Crippen molar-refractivity contribution in [1.82, 2.24) is 10.2 Å². The molecule has 170 valence electrons. The highest BCUT2D eigenvalue weighted by atomic mass is 32.1. The summed E-state index contributed by atoms with van der Waals surface area (Å²) in [6.07, 6.45) is -0.572. The van der Waals surface area contributed by atoms with E-state index in [-0.39, 0.29) is 5.56 Å². The summed E-state index contributed by atoms with van der Waals surface area (Å²) in [7, 11) is 3.57. The monoisotopic (exact) mass is 450 g/mol. The van der Waals surface area contributed by atoms with Crippen molar-refractivity contribution in [3.63, 3.8) is 0 Å². The highest BCUT2D eigenvalue weighted by molar-refractivity contribution is 7.16. The van der Waals surface area contributed by atoms with Gasteiger partial charge in [-0.15, -0.1) is 11.3 Å². The van der Waals surface area contributed by atoms with E-state index >= 15 is 0 Å². The number of nitrogens with zero attached hydrogens (tertiary/aromatic N) is 2. The van der Waals surface area contributed by atoms with Gasteiger partial charge in [-0.25, -0.2) is 8.78 Å². The molecule has 1 fully saturated rings. The molecule has 3 rings (SSSR count). The van der Waals surface area contributed by atoms with E-state index in [0.29, 0.717) is 6.04 Å². The molecule has 1 saturated heterocycles. The standard InChI is InChI=1S/C23H32F2N4OS/c1-5-19-15(2)20(22(26-3)29-12-11-27-18(14-29)10-13-30-4)23(31-19)28-17-8-6-16(7-9-17)21(24)25/h6-9,18,21,27-28H,5,10-14H2,1-4H3/t18-/m0/s1. The fraction of sp³-hybridized carbons (Fsp3) is 0.522. The summed E-state index contributed by atoms with van der Waals surface area (Å²) >= 11 is 1.71. The van der Waals surface area contributed by atoms with E-state index in [1.165, 1.54) is 22.6 Å². The molecule has 1 aliphatic rings. The number of anilines is 2. The topological polar surface area (TPSA) is 48.9 Å². The van der Waals surface area contributed by atoms with Gasteiger partial charge in [0.25, 0.3) is 6.43 Å². The lowest BCUT2D eigenvalue weighted by atomic mass is 10.1. The van der Waals surface area contributed by atoms with Crippen molar-refractivity contribution in [3.8, 4) is 0 Å². The summed E-state index contributed by atoms with van der Waals surface area (Å²) in [6, 6.07) is 6.72. The molecule has 0 saturated carbocycles. The fourth-order valence-electron chi connectivity index (χ4n) is 3.98. The molecule has 8 heteroatoms. The van der Waals surface area contributed by atoms with Crippen LogP contribution in [0.3, 0.4) is 0 Å². The number of halogens is 2. The molecule has 2 heterocycles. The first-order chi connectivity index (χ1) is 15.0. The zero-order valence-corrected chi connectivity index (χ0v) is 19.5. The van der Waals surface area contributed by atoms with E-state index in [4.69, 9.17) is 9.73 Å². The normalized spacial score (nSPS) is 17.5. The van der Waals surface area contributed by atoms with Crippen molar-refractivity contribution in [1.29, 1.82) is 0 Å². The predicted octanol–water partition coefficient (Wildman–Crippen LogP) is 4.99. The SMILES string of the molecule is CCc1sc(Nc2ccc(C(F)F)cc2)c(C(=NC)N2CCN[C@@H](CCOC)C2)c1C. The van der Waals surface area contributed by atoms with Gasteiger partial charge in [0, 0.05) is 62.6 Å². The van der Waals surface area contributed by atoms with Gasteiger partial charge in [0.2, 0.25) is 0 Å². The second-order valence-electron chi connectivity index (χ2n) is 7.68. The first-order valence-corrected chi connectivity index (χ1v) is 11.5. The number of alkyl halides is 2. The van der Waals surface area contributed by atoms with Gasteiger partial charge in [-0.3, -0.25) is 4.99 Å². The average Bonchev–Trinajstić information content (AvgIpc) is 3.08. The lowest BCUT2D eigenvalue weighted by Gasteiger charge is -2.36. The lowest BCUT2D eigenvalue weighted by Crippen LogP contribution is -2.53. The zero-order chi connectivity index (χ0) is 22.4. The molecule has 1 aliphatic heterocycles. The van der Waals surface area contributed by atoms with E-state index in [2.05, 4.69) is 29.4 Å². The third-order valence-electron chi connectivity index (χ3n) is 5.65. The predicted molar refractivity (Wildman–Crippen MR) is 125 cm³/mol. The molecule has 5 nitrogen and oxygen atoms in total. The van der Waals surface area contributed by atoms with E-state index in [0.717, 1.165) is 61.2 Å². The van der Waals surface area contributed by atoms with Gasteiger partial charge in [-0.1, -0.05) is 19.1 Å². The number of ether oxygens (including phenoxy) is 1. The third kappa shape index (κ3) is 5.61. The molecule has 1 aromatic heterocycles. The molecule has 0 unspecified atom stereocenters. The van der Waals surface area contributed by atoms with Gasteiger partial charge in [0.15, 0.2) is 0 Å². The second-order valence-corrected chi connectivity index (χ2v) is 8.79. The van der Waals surface area contributed by atoms with Crippen LogP contribution in [0.2, 0.25) is 0 Å². The van der Waals surface area contributed by atoms with Crippen LogP contribution in [0.1, 0.15) is 41.3 Å². The van der Waals surface area contributed by atoms with Crippen LogP contribution >= 0.6 is 11.3 Å². The van der Waals surface area contributed by atoms with Crippen LogP contribution in [0.5, 0.6) is 0 Å². The smallest absolute Gasteiger partial charge is 0.263 e. The number of hydrogen-bond donors (Lipinski definition) is 2. The molecule has 0 amide bonds. The first-order valence-electron chi connectivity index (χ1n) is 10.7. The number of aliphatic imine (C=N–C) groups is 1. The third-order valence-corrected chi connectivity index (χ3v) is 7.00. The Bertz CT molecular complexity index is 882. The van der Waals surface area contributed by atoms with E-state index < -0.39 is 6.43 Å². The number of piperazine rings is 1. The number of amidine groups is 1. The highest BCUT2D eigenvalue weighted by Crippen LogP contribution is 2.37. The fourth-order valence-corrected chi connectivity index (χ4v) is 5.14. The number of hydrogen-bond acceptors (Lipinski definition) is 5. The maximum absolute atomic E-state index is 12.9. The molecule has 1 atom stereocenters. The van der Waals surface area contributed by atoms with Crippen LogP contribution < -0.4 is 10.6 Å². The largest absolute Gasteiger partial charge is 0.385 e. The maximum Gasteiger partial charge on any atom is 0.263 e. The molecule has 1 aromatic carbocycles. The van der Waals surface area contributed by atoms with Crippen LogP contribution in [0.4, 0.5) is 19.5 Å². The number of thiophene rings is 1. The van der Waals surface area contributed by atoms with Gasteiger partial charge in [-0.05, 0) is 37.5 Å². The second kappa shape index (κ2) is 11.0. The minimum Gasteiger partial charge on any atom is -0.385 e. The van der Waals surface area contributed by atoms with Crippen LogP contribution in [0, 0.1) is 6.92 Å². The Morgan fingerprint density at radius 3 is 2.71 bits per heavy atom. The van der Waals surface area contributed by atoms with Crippen LogP contribution in [0.15, 0.2) is 29.3 Å². The molecule has 2 aromatic rings. The van der Waals surface area contributed by atoms with Gasteiger partial charge in [0.1, 0.15) is 10.8 Å². The zero-order valence-electron chi connectivity index (χ0n) is 18.7. The molecule has 2 N–H and O–H groups in total. The Hall–Kier alpha value is -2.03. The van der Waals surface area contributed by atoms with Crippen molar-refractivity contribution in [2.24, 2.45) is 4.99 Å². The summed E-state index contributed by atoms with van der Waals surface area (Å²) in [5, 5.41) is 8.03. The van der Waals surface area contributed by atoms with Crippen LogP contribution in [-0.4, -0.2) is 57.2 Å². The van der Waals surface area contributed by atoms with Crippen molar-refractivity contribution < 1.29 is 13.5 Å². The minimum atomic E-state index is -2.46. The van der Waals surface area contributed by atoms with Gasteiger partial charge >= 0.3 is 0 Å². The lowest BCUT2D eigenvalue weighted by molar-refractivity contribution is 0.151. The number of benzene rings is 1. The molecular weight excluding hydrogens is 418 g/mol. The first kappa shape index (κ1) is 23.6. The molecule has 0 aliphatic carbocycles. The van der Waals surface area contributed by atoms with Gasteiger partial charge in [-0.2, -0.15) is 0 Å². The van der Waals surface area contributed by atoms with Crippen molar-refractivity contribution in [2.45, 2.75) is 39.2 Å². The van der Waals surface area contributed by atoms with E-state index in [1.807, 2.05) is 7.05 Å². The maximum atomic E-state index is 12.9. The summed E-state index contributed by atoms with van der Waals surface area (Å²) in [5.74, 6) is 0.976. The average molecular weight is 451 g/mol. The number of methoxy groups -OCH3 is 1. The van der Waals surface area contributed by atoms with Crippen LogP contribution in [0.25, 0.3) is 0 Å². The molecule has 31 heavy (non-hydrogen) atoms. The van der Waals surface area contributed by atoms with E-state index in [1.54, 1.807) is 30.6 Å². The summed E-state index contributed by atoms with van der Waals surface area (Å²) in [4.78, 5) is 8.34. The van der Waals surface area contributed by atoms with Crippen molar-refractivity contribution in [3.05, 3.63) is 45.8 Å². The molecular formula is C23H32F2N4OS. The summed E-state index contributed by atoms with van der Waals surface area (Å²) < 4.78 is 31.1. The van der Waals surface area contributed by atoms with E-state index in [9.17, 15) is 8.78 Å². The van der Waals surface area contributed by atoms with Gasteiger partial charge in [0.05, 0.1) is 5.56 Å². The Morgan fingerprint density at radius 1 is 1.35 bits per heavy atom. The number of nitrogens with one attached hydrogen (secondary N) is 2. The Morgan fingerprint density at radius 2 is 2.10 bits per heavy atom.